The van der Waals surface area contributed by atoms with Crippen LogP contribution in [0.5, 0.6) is 5.75 Å². The van der Waals surface area contributed by atoms with Crippen LogP contribution in [0.2, 0.25) is 0 Å². The Kier molecular flexibility index (Phi) is 2.96. The molecule has 1 aromatic rings. The van der Waals surface area contributed by atoms with Crippen molar-refractivity contribution in [2.75, 3.05) is 7.11 Å². The number of ketones is 1. The lowest BCUT2D eigenvalue weighted by Crippen LogP contribution is -2.47. The van der Waals surface area contributed by atoms with Crippen LogP contribution >= 0.6 is 0 Å². The fourth-order valence-electron chi connectivity index (χ4n) is 2.18. The molecule has 0 aliphatic heterocycles. The SMILES string of the molecule is COc1ccc(C(=O)C(C)(N)C2CC2)c(C)c1. The van der Waals surface area contributed by atoms with E-state index < -0.39 is 5.54 Å². The molecule has 1 unspecified atom stereocenters. The fourth-order valence-corrected chi connectivity index (χ4v) is 2.18. The Morgan fingerprint density at radius 3 is 2.59 bits per heavy atom. The summed E-state index contributed by atoms with van der Waals surface area (Å²) in [5, 5.41) is 0. The molecule has 0 heterocycles. The van der Waals surface area contributed by atoms with Gasteiger partial charge in [0.05, 0.1) is 12.6 Å². The highest BCUT2D eigenvalue weighted by Gasteiger charge is 2.44. The van der Waals surface area contributed by atoms with Crippen LogP contribution in [0.3, 0.4) is 0 Å². The van der Waals surface area contributed by atoms with Gasteiger partial charge in [-0.3, -0.25) is 4.79 Å². The minimum absolute atomic E-state index is 0.0418. The van der Waals surface area contributed by atoms with Crippen molar-refractivity contribution in [3.05, 3.63) is 29.3 Å². The molecule has 1 aromatic carbocycles. The van der Waals surface area contributed by atoms with Crippen LogP contribution < -0.4 is 10.5 Å². The van der Waals surface area contributed by atoms with Crippen LogP contribution in [0.4, 0.5) is 0 Å². The van der Waals surface area contributed by atoms with Crippen molar-refractivity contribution in [3.8, 4) is 5.75 Å². The van der Waals surface area contributed by atoms with Crippen molar-refractivity contribution in [2.24, 2.45) is 11.7 Å². The standard InChI is InChI=1S/C14H19NO2/c1-9-8-11(17-3)6-7-12(9)13(16)14(2,15)10-4-5-10/h6-8,10H,4-5,15H2,1-3H3. The predicted molar refractivity (Wildman–Crippen MR) is 67.4 cm³/mol. The van der Waals surface area contributed by atoms with Crippen LogP contribution in [-0.4, -0.2) is 18.4 Å². The highest BCUT2D eigenvalue weighted by atomic mass is 16.5. The molecule has 1 atom stereocenters. The summed E-state index contributed by atoms with van der Waals surface area (Å²) in [4.78, 5) is 12.4. The topological polar surface area (TPSA) is 52.3 Å². The van der Waals surface area contributed by atoms with Gasteiger partial charge in [-0.1, -0.05) is 0 Å². The fraction of sp³-hybridized carbons (Fsp3) is 0.500. The second-order valence-corrected chi connectivity index (χ2v) is 5.07. The zero-order valence-corrected chi connectivity index (χ0v) is 10.6. The van der Waals surface area contributed by atoms with Gasteiger partial charge in [0.1, 0.15) is 5.75 Å². The Bertz CT molecular complexity index is 448. The summed E-state index contributed by atoms with van der Waals surface area (Å²) in [6.45, 7) is 3.76. The van der Waals surface area contributed by atoms with Crippen molar-refractivity contribution < 1.29 is 9.53 Å². The van der Waals surface area contributed by atoms with E-state index in [-0.39, 0.29) is 5.78 Å². The molecule has 2 rings (SSSR count). The molecule has 0 amide bonds. The van der Waals surface area contributed by atoms with Crippen LogP contribution in [0, 0.1) is 12.8 Å². The maximum Gasteiger partial charge on any atom is 0.182 e. The van der Waals surface area contributed by atoms with Crippen LogP contribution in [0.1, 0.15) is 35.7 Å². The summed E-state index contributed by atoms with van der Waals surface area (Å²) in [6, 6.07) is 5.49. The van der Waals surface area contributed by atoms with E-state index in [2.05, 4.69) is 0 Å². The lowest BCUT2D eigenvalue weighted by molar-refractivity contribution is 0.0882. The van der Waals surface area contributed by atoms with Crippen LogP contribution in [-0.2, 0) is 0 Å². The first kappa shape index (κ1) is 12.1. The molecule has 1 aliphatic carbocycles. The van der Waals surface area contributed by atoms with E-state index in [1.165, 1.54) is 0 Å². The third-order valence-electron chi connectivity index (χ3n) is 3.59. The molecule has 1 fully saturated rings. The number of hydrogen-bond acceptors (Lipinski definition) is 3. The number of nitrogens with two attached hydrogens (primary N) is 1. The van der Waals surface area contributed by atoms with Crippen LogP contribution in [0.25, 0.3) is 0 Å². The van der Waals surface area contributed by atoms with Gasteiger partial charge in [-0.25, -0.2) is 0 Å². The molecule has 2 N–H and O–H groups in total. The molecule has 0 bridgehead atoms. The molecule has 92 valence electrons. The van der Waals surface area contributed by atoms with E-state index in [9.17, 15) is 4.79 Å². The molecular weight excluding hydrogens is 214 g/mol. The quantitative estimate of drug-likeness (QED) is 0.812. The molecular formula is C14H19NO2. The molecule has 3 nitrogen and oxygen atoms in total. The van der Waals surface area contributed by atoms with Gasteiger partial charge in [-0.05, 0) is 56.4 Å². The first-order valence-electron chi connectivity index (χ1n) is 5.95. The van der Waals surface area contributed by atoms with E-state index >= 15 is 0 Å². The van der Waals surface area contributed by atoms with E-state index in [0.717, 1.165) is 24.2 Å². The summed E-state index contributed by atoms with van der Waals surface area (Å²) in [5.41, 5.74) is 7.07. The molecule has 17 heavy (non-hydrogen) atoms. The van der Waals surface area contributed by atoms with Crippen molar-refractivity contribution >= 4 is 5.78 Å². The zero-order valence-electron chi connectivity index (χ0n) is 10.6. The van der Waals surface area contributed by atoms with Gasteiger partial charge >= 0.3 is 0 Å². The first-order valence-corrected chi connectivity index (χ1v) is 5.95. The van der Waals surface area contributed by atoms with Crippen molar-refractivity contribution in [1.29, 1.82) is 0 Å². The lowest BCUT2D eigenvalue weighted by atomic mass is 9.86. The summed E-state index contributed by atoms with van der Waals surface area (Å²) in [7, 11) is 1.62. The summed E-state index contributed by atoms with van der Waals surface area (Å²) in [6.07, 6.45) is 2.13. The zero-order chi connectivity index (χ0) is 12.6. The predicted octanol–water partition coefficient (Wildman–Crippen LogP) is 2.31. The number of carbonyl (C=O) groups is 1. The Morgan fingerprint density at radius 1 is 1.47 bits per heavy atom. The average molecular weight is 233 g/mol. The second kappa shape index (κ2) is 4.15. The summed E-state index contributed by atoms with van der Waals surface area (Å²) < 4.78 is 5.13. The molecule has 1 saturated carbocycles. The number of rotatable bonds is 4. The highest BCUT2D eigenvalue weighted by Crippen LogP contribution is 2.40. The Morgan fingerprint density at radius 2 is 2.12 bits per heavy atom. The second-order valence-electron chi connectivity index (χ2n) is 5.07. The first-order chi connectivity index (χ1) is 7.96. The highest BCUT2D eigenvalue weighted by molar-refractivity contribution is 6.04. The molecule has 1 aliphatic rings. The smallest absolute Gasteiger partial charge is 0.182 e. The molecule has 0 spiro atoms. The lowest BCUT2D eigenvalue weighted by Gasteiger charge is -2.23. The summed E-state index contributed by atoms with van der Waals surface area (Å²) >= 11 is 0. The number of carbonyl (C=O) groups excluding carboxylic acids is 1. The largest absolute Gasteiger partial charge is 0.497 e. The monoisotopic (exact) mass is 233 g/mol. The number of aryl methyl sites for hydroxylation is 1. The van der Waals surface area contributed by atoms with E-state index in [0.29, 0.717) is 11.5 Å². The van der Waals surface area contributed by atoms with Gasteiger partial charge in [0.15, 0.2) is 5.78 Å². The minimum atomic E-state index is -0.723. The third-order valence-corrected chi connectivity index (χ3v) is 3.59. The number of Topliss-reactive ketones (excluding diaryl/α,β-unsaturated/α-hetero) is 1. The van der Waals surface area contributed by atoms with Crippen molar-refractivity contribution in [3.63, 3.8) is 0 Å². The molecule has 3 heteroatoms. The molecule has 0 aromatic heterocycles. The van der Waals surface area contributed by atoms with Crippen LogP contribution in [0.15, 0.2) is 18.2 Å². The maximum atomic E-state index is 12.4. The van der Waals surface area contributed by atoms with Crippen molar-refractivity contribution in [2.45, 2.75) is 32.2 Å². The Balaban J connectivity index is 2.30. The van der Waals surface area contributed by atoms with Crippen molar-refractivity contribution in [1.82, 2.24) is 0 Å². The number of methoxy groups -OCH3 is 1. The van der Waals surface area contributed by atoms with Gasteiger partial charge < -0.3 is 10.5 Å². The van der Waals surface area contributed by atoms with E-state index in [1.807, 2.05) is 32.0 Å². The van der Waals surface area contributed by atoms with E-state index in [4.69, 9.17) is 10.5 Å². The summed E-state index contributed by atoms with van der Waals surface area (Å²) in [5.74, 6) is 1.15. The number of ether oxygens (including phenoxy) is 1. The average Bonchev–Trinajstić information content (AvgIpc) is 3.12. The van der Waals surface area contributed by atoms with Gasteiger partial charge in [0.25, 0.3) is 0 Å². The van der Waals surface area contributed by atoms with Gasteiger partial charge in [-0.15, -0.1) is 0 Å². The third kappa shape index (κ3) is 2.20. The number of benzene rings is 1. The van der Waals surface area contributed by atoms with Gasteiger partial charge in [0, 0.05) is 5.56 Å². The Hall–Kier alpha value is -1.35. The van der Waals surface area contributed by atoms with E-state index in [1.54, 1.807) is 7.11 Å². The Labute approximate surface area is 102 Å². The minimum Gasteiger partial charge on any atom is -0.497 e. The van der Waals surface area contributed by atoms with Gasteiger partial charge in [0.2, 0.25) is 0 Å². The van der Waals surface area contributed by atoms with Gasteiger partial charge in [-0.2, -0.15) is 0 Å². The number of hydrogen-bond donors (Lipinski definition) is 1. The molecule has 0 radical (unpaired) electrons. The normalized spacial score (nSPS) is 18.6. The molecule has 0 saturated heterocycles. The maximum absolute atomic E-state index is 12.4.